The van der Waals surface area contributed by atoms with Crippen LogP contribution in [0.5, 0.6) is 0 Å². The van der Waals surface area contributed by atoms with Crippen molar-refractivity contribution < 1.29 is 18.7 Å². The van der Waals surface area contributed by atoms with Crippen molar-refractivity contribution >= 4 is 46.5 Å². The molecule has 0 aliphatic heterocycles. The Balaban J connectivity index is 1.90. The number of carbonyl (C=O) groups is 2. The van der Waals surface area contributed by atoms with E-state index in [0.29, 0.717) is 10.9 Å². The highest BCUT2D eigenvalue weighted by Crippen LogP contribution is 2.25. The highest BCUT2D eigenvalue weighted by atomic mass is 32.1. The number of anilines is 2. The molecule has 0 saturated carbocycles. The minimum absolute atomic E-state index is 0.0490. The quantitative estimate of drug-likeness (QED) is 0.522. The van der Waals surface area contributed by atoms with E-state index < -0.39 is 23.4 Å². The van der Waals surface area contributed by atoms with Crippen molar-refractivity contribution in [1.82, 2.24) is 9.55 Å². The molecule has 31 heavy (non-hydrogen) atoms. The van der Waals surface area contributed by atoms with Crippen LogP contribution in [0, 0.1) is 10.6 Å². The molecule has 0 unspecified atom stereocenters. The standard InChI is InChI=1S/C21H21FN4O4S/c1-21(2,3)30-20(29)25-14-8-6-12(22)10-16(14)23-17(27)11-5-7-13-15(9-11)24-19(31)26(4)18(13)28/h5-10H,1-4H3,(H,23,27)(H,24,31)(H,25,29). The van der Waals surface area contributed by atoms with Gasteiger partial charge >= 0.3 is 6.09 Å². The Morgan fingerprint density at radius 2 is 1.81 bits per heavy atom. The van der Waals surface area contributed by atoms with Crippen LogP contribution in [-0.4, -0.2) is 27.2 Å². The van der Waals surface area contributed by atoms with E-state index in [9.17, 15) is 18.8 Å². The van der Waals surface area contributed by atoms with Crippen LogP contribution in [0.4, 0.5) is 20.6 Å². The first-order valence-electron chi connectivity index (χ1n) is 9.28. The summed E-state index contributed by atoms with van der Waals surface area (Å²) in [6.07, 6.45) is -0.747. The van der Waals surface area contributed by atoms with Crippen molar-refractivity contribution in [3.63, 3.8) is 0 Å². The molecule has 2 aromatic carbocycles. The average Bonchev–Trinajstić information content (AvgIpc) is 2.66. The normalized spacial score (nSPS) is 11.3. The second-order valence-corrected chi connectivity index (χ2v) is 8.21. The van der Waals surface area contributed by atoms with E-state index in [1.165, 1.54) is 28.8 Å². The van der Waals surface area contributed by atoms with Crippen molar-refractivity contribution in [2.24, 2.45) is 7.05 Å². The molecule has 0 aliphatic rings. The number of rotatable bonds is 3. The van der Waals surface area contributed by atoms with Gasteiger partial charge in [0.15, 0.2) is 4.77 Å². The van der Waals surface area contributed by atoms with E-state index in [-0.39, 0.29) is 27.3 Å². The van der Waals surface area contributed by atoms with E-state index in [2.05, 4.69) is 15.6 Å². The topological polar surface area (TPSA) is 105 Å². The number of fused-ring (bicyclic) bond motifs is 1. The van der Waals surface area contributed by atoms with Crippen LogP contribution in [0.1, 0.15) is 31.1 Å². The fourth-order valence-corrected chi connectivity index (χ4v) is 2.98. The predicted molar refractivity (Wildman–Crippen MR) is 119 cm³/mol. The van der Waals surface area contributed by atoms with Crippen LogP contribution >= 0.6 is 12.2 Å². The number of aromatic amines is 1. The fraction of sp³-hybridized carbons (Fsp3) is 0.238. The lowest BCUT2D eigenvalue weighted by Crippen LogP contribution is -2.27. The van der Waals surface area contributed by atoms with Gasteiger partial charge in [0.25, 0.3) is 11.5 Å². The molecule has 0 bridgehead atoms. The highest BCUT2D eigenvalue weighted by Gasteiger charge is 2.18. The SMILES string of the molecule is Cn1c(=S)[nH]c2cc(C(=O)Nc3cc(F)ccc3NC(=O)OC(C)(C)C)ccc2c1=O. The number of aromatic nitrogens is 2. The second kappa shape index (κ2) is 8.31. The molecule has 0 radical (unpaired) electrons. The summed E-state index contributed by atoms with van der Waals surface area (Å²) in [6, 6.07) is 7.99. The lowest BCUT2D eigenvalue weighted by atomic mass is 10.1. The lowest BCUT2D eigenvalue weighted by molar-refractivity contribution is 0.0635. The molecule has 162 valence electrons. The maximum atomic E-state index is 13.8. The zero-order valence-corrected chi connectivity index (χ0v) is 18.1. The van der Waals surface area contributed by atoms with Gasteiger partial charge in [-0.1, -0.05) is 0 Å². The molecule has 0 saturated heterocycles. The molecule has 3 aromatic rings. The van der Waals surface area contributed by atoms with E-state index in [1.54, 1.807) is 27.8 Å². The molecular weight excluding hydrogens is 423 g/mol. The third-order valence-corrected chi connectivity index (χ3v) is 4.60. The Morgan fingerprint density at radius 3 is 2.48 bits per heavy atom. The van der Waals surface area contributed by atoms with Gasteiger partial charge in [0.05, 0.1) is 22.3 Å². The van der Waals surface area contributed by atoms with Gasteiger partial charge in [0.2, 0.25) is 0 Å². The van der Waals surface area contributed by atoms with E-state index in [4.69, 9.17) is 17.0 Å². The summed E-state index contributed by atoms with van der Waals surface area (Å²) < 4.78 is 20.5. The minimum Gasteiger partial charge on any atom is -0.444 e. The van der Waals surface area contributed by atoms with Crippen molar-refractivity contribution in [3.05, 3.63) is 62.9 Å². The number of amides is 2. The van der Waals surface area contributed by atoms with Crippen LogP contribution in [0.2, 0.25) is 0 Å². The van der Waals surface area contributed by atoms with Crippen LogP contribution in [0.3, 0.4) is 0 Å². The third-order valence-electron chi connectivity index (χ3n) is 4.23. The molecule has 2 amide bonds. The maximum absolute atomic E-state index is 13.8. The van der Waals surface area contributed by atoms with Gasteiger partial charge in [0, 0.05) is 12.6 Å². The molecule has 8 nitrogen and oxygen atoms in total. The smallest absolute Gasteiger partial charge is 0.412 e. The van der Waals surface area contributed by atoms with E-state index in [0.717, 1.165) is 12.1 Å². The molecule has 10 heteroatoms. The fourth-order valence-electron chi connectivity index (χ4n) is 2.78. The summed E-state index contributed by atoms with van der Waals surface area (Å²) in [4.78, 5) is 40.0. The average molecular weight is 444 g/mol. The zero-order valence-electron chi connectivity index (χ0n) is 17.3. The lowest BCUT2D eigenvalue weighted by Gasteiger charge is -2.20. The predicted octanol–water partition coefficient (Wildman–Crippen LogP) is 4.33. The number of carbonyl (C=O) groups excluding carboxylic acids is 2. The number of nitrogens with zero attached hydrogens (tertiary/aromatic N) is 1. The Kier molecular flexibility index (Phi) is 5.94. The number of benzene rings is 2. The molecule has 3 rings (SSSR count). The first kappa shape index (κ1) is 22.2. The molecule has 0 atom stereocenters. The molecular formula is C21H21FN4O4S. The molecule has 1 heterocycles. The van der Waals surface area contributed by atoms with Crippen LogP contribution in [0.15, 0.2) is 41.2 Å². The van der Waals surface area contributed by atoms with Crippen molar-refractivity contribution in [1.29, 1.82) is 0 Å². The van der Waals surface area contributed by atoms with E-state index >= 15 is 0 Å². The second-order valence-electron chi connectivity index (χ2n) is 7.83. The molecule has 0 fully saturated rings. The Morgan fingerprint density at radius 1 is 1.10 bits per heavy atom. The molecule has 0 aliphatic carbocycles. The van der Waals surface area contributed by atoms with Gasteiger partial charge in [-0.05, 0) is 69.4 Å². The Labute approximate surface area is 182 Å². The van der Waals surface area contributed by atoms with Crippen molar-refractivity contribution in [2.45, 2.75) is 26.4 Å². The number of hydrogen-bond acceptors (Lipinski definition) is 5. The summed E-state index contributed by atoms with van der Waals surface area (Å²) in [6.45, 7) is 5.12. The summed E-state index contributed by atoms with van der Waals surface area (Å²) in [5.74, 6) is -1.17. The Bertz CT molecular complexity index is 1310. The molecule has 3 N–H and O–H groups in total. The summed E-state index contributed by atoms with van der Waals surface area (Å²) in [5, 5.41) is 5.43. The van der Waals surface area contributed by atoms with Gasteiger partial charge in [-0.25, -0.2) is 9.18 Å². The van der Waals surface area contributed by atoms with Gasteiger partial charge < -0.3 is 15.0 Å². The van der Waals surface area contributed by atoms with Crippen LogP contribution < -0.4 is 16.2 Å². The van der Waals surface area contributed by atoms with Gasteiger partial charge in [0.1, 0.15) is 11.4 Å². The zero-order chi connectivity index (χ0) is 22.9. The van der Waals surface area contributed by atoms with Gasteiger partial charge in [-0.3, -0.25) is 19.5 Å². The monoisotopic (exact) mass is 444 g/mol. The van der Waals surface area contributed by atoms with Crippen molar-refractivity contribution in [2.75, 3.05) is 10.6 Å². The first-order valence-corrected chi connectivity index (χ1v) is 9.69. The maximum Gasteiger partial charge on any atom is 0.412 e. The summed E-state index contributed by atoms with van der Waals surface area (Å²) in [7, 11) is 1.55. The number of hydrogen-bond donors (Lipinski definition) is 3. The van der Waals surface area contributed by atoms with Gasteiger partial charge in [-0.2, -0.15) is 0 Å². The largest absolute Gasteiger partial charge is 0.444 e. The Hall–Kier alpha value is -3.53. The van der Waals surface area contributed by atoms with Gasteiger partial charge in [-0.15, -0.1) is 0 Å². The number of ether oxygens (including phenoxy) is 1. The van der Waals surface area contributed by atoms with Crippen molar-refractivity contribution in [3.8, 4) is 0 Å². The number of H-pyrrole nitrogens is 1. The minimum atomic E-state index is -0.747. The van der Waals surface area contributed by atoms with Crippen LogP contribution in [0.25, 0.3) is 10.9 Å². The molecule has 0 spiro atoms. The first-order chi connectivity index (χ1) is 14.4. The number of nitrogens with one attached hydrogen (secondary N) is 3. The molecule has 1 aromatic heterocycles. The number of halogens is 1. The van der Waals surface area contributed by atoms with E-state index in [1.807, 2.05) is 0 Å². The summed E-state index contributed by atoms with van der Waals surface area (Å²) >= 11 is 5.10. The van der Waals surface area contributed by atoms with Crippen LogP contribution in [-0.2, 0) is 11.8 Å². The summed E-state index contributed by atoms with van der Waals surface area (Å²) in [5.41, 5.74) is -0.202. The third kappa shape index (κ3) is 5.15. The highest BCUT2D eigenvalue weighted by molar-refractivity contribution is 7.71.